The van der Waals surface area contributed by atoms with Gasteiger partial charge in [-0.1, -0.05) is 142 Å². The maximum Gasteiger partial charge on any atom is 0.407 e. The van der Waals surface area contributed by atoms with Gasteiger partial charge in [0.15, 0.2) is 0 Å². The van der Waals surface area contributed by atoms with Crippen LogP contribution in [0.25, 0.3) is 11.3 Å². The summed E-state index contributed by atoms with van der Waals surface area (Å²) in [6.45, 7) is 7.24. The summed E-state index contributed by atoms with van der Waals surface area (Å²) >= 11 is 0. The van der Waals surface area contributed by atoms with Crippen molar-refractivity contribution >= 4 is 18.0 Å². The maximum absolute atomic E-state index is 14.6. The number of rotatable bonds is 17. The molecule has 11 nitrogen and oxygen atoms in total. The number of ether oxygens (including phenoxy) is 1. The Kier molecular flexibility index (Phi) is 14.0. The summed E-state index contributed by atoms with van der Waals surface area (Å²) in [5.41, 5.74) is 4.54. The van der Waals surface area contributed by atoms with Crippen molar-refractivity contribution in [3.05, 3.63) is 156 Å². The zero-order valence-corrected chi connectivity index (χ0v) is 34.3. The largest absolute Gasteiger partial charge is 0.481 e. The molecule has 0 unspecified atom stereocenters. The van der Waals surface area contributed by atoms with Crippen LogP contribution in [0, 0.1) is 5.41 Å². The van der Waals surface area contributed by atoms with Gasteiger partial charge in [0, 0.05) is 43.9 Å². The molecule has 59 heavy (non-hydrogen) atoms. The summed E-state index contributed by atoms with van der Waals surface area (Å²) in [7, 11) is 1.57. The lowest BCUT2D eigenvalue weighted by Gasteiger charge is -2.38. The Labute approximate surface area is 347 Å². The number of hydrogen-bond acceptors (Lipinski definition) is 6. The van der Waals surface area contributed by atoms with E-state index in [0.717, 1.165) is 33.5 Å². The summed E-state index contributed by atoms with van der Waals surface area (Å²) in [6, 6.07) is 39.6. The lowest BCUT2D eigenvalue weighted by Crippen LogP contribution is -2.57. The number of aliphatic hydroxyl groups is 1. The number of amides is 4. The predicted octanol–water partition coefficient (Wildman–Crippen LogP) is 7.68. The van der Waals surface area contributed by atoms with E-state index in [1.54, 1.807) is 23.0 Å². The first-order valence-corrected chi connectivity index (χ1v) is 20.1. The first-order valence-electron chi connectivity index (χ1n) is 20.1. The smallest absolute Gasteiger partial charge is 0.407 e. The summed E-state index contributed by atoms with van der Waals surface area (Å²) < 4.78 is 5.31. The standard InChI is InChI=1S/C48H55N5O6/c1-48(2,3)44(52-28-27-51(46(52)56)32-36-17-10-6-11-18-36)45(55)49-39(29-34-15-8-5-9-16-34)31-42(54)41(53(47(57)58)33-37-19-12-7-13-20-37)30-35-23-25-38(26-24-35)40-21-14-22-43(50-40)59-4/h5-26,39,41-42,44,54H,27-33H2,1-4H3,(H,49,55)(H,57,58)/t39-,41-,42-,44+/m0/s1. The van der Waals surface area contributed by atoms with Crippen molar-refractivity contribution in [1.29, 1.82) is 0 Å². The summed E-state index contributed by atoms with van der Waals surface area (Å²) in [6.07, 6.45) is -1.70. The topological polar surface area (TPSA) is 136 Å². The first kappa shape index (κ1) is 42.4. The van der Waals surface area contributed by atoms with Gasteiger partial charge >= 0.3 is 12.1 Å². The molecule has 4 amide bonds. The quantitative estimate of drug-likeness (QED) is 0.0879. The van der Waals surface area contributed by atoms with E-state index in [1.165, 1.54) is 4.90 Å². The maximum atomic E-state index is 14.6. The molecule has 3 N–H and O–H groups in total. The molecule has 1 saturated heterocycles. The molecule has 1 aliphatic heterocycles. The van der Waals surface area contributed by atoms with Crippen molar-refractivity contribution < 1.29 is 29.3 Å². The molecule has 5 aromatic rings. The monoisotopic (exact) mass is 797 g/mol. The second-order valence-electron chi connectivity index (χ2n) is 16.3. The van der Waals surface area contributed by atoms with Crippen molar-refractivity contribution in [2.24, 2.45) is 5.41 Å². The minimum Gasteiger partial charge on any atom is -0.481 e. The van der Waals surface area contributed by atoms with E-state index in [2.05, 4.69) is 10.3 Å². The highest BCUT2D eigenvalue weighted by Gasteiger charge is 2.44. The van der Waals surface area contributed by atoms with Crippen LogP contribution in [0.5, 0.6) is 5.88 Å². The number of nitrogens with one attached hydrogen (secondary N) is 1. The third-order valence-corrected chi connectivity index (χ3v) is 10.8. The molecule has 308 valence electrons. The van der Waals surface area contributed by atoms with Crippen molar-refractivity contribution in [2.75, 3.05) is 20.2 Å². The van der Waals surface area contributed by atoms with Gasteiger partial charge in [0.25, 0.3) is 0 Å². The minimum atomic E-state index is -1.19. The number of aromatic nitrogens is 1. The molecule has 0 saturated carbocycles. The molecule has 4 aromatic carbocycles. The molecule has 2 heterocycles. The van der Waals surface area contributed by atoms with Crippen LogP contribution in [0.1, 0.15) is 49.4 Å². The van der Waals surface area contributed by atoms with Crippen LogP contribution >= 0.6 is 0 Å². The molecule has 0 bridgehead atoms. The van der Waals surface area contributed by atoms with Crippen LogP contribution in [0.2, 0.25) is 0 Å². The molecule has 4 atom stereocenters. The Balaban J connectivity index is 1.27. The fourth-order valence-corrected chi connectivity index (χ4v) is 7.92. The number of nitrogens with zero attached hydrogens (tertiary/aromatic N) is 4. The highest BCUT2D eigenvalue weighted by molar-refractivity contribution is 5.89. The van der Waals surface area contributed by atoms with Gasteiger partial charge < -0.3 is 30.1 Å². The lowest BCUT2D eigenvalue weighted by atomic mass is 9.84. The van der Waals surface area contributed by atoms with Crippen LogP contribution < -0.4 is 10.1 Å². The first-order chi connectivity index (χ1) is 28.4. The van der Waals surface area contributed by atoms with Gasteiger partial charge in [-0.25, -0.2) is 14.6 Å². The van der Waals surface area contributed by atoms with Gasteiger partial charge in [-0.15, -0.1) is 0 Å². The molecular weight excluding hydrogens is 743 g/mol. The third kappa shape index (κ3) is 11.3. The summed E-state index contributed by atoms with van der Waals surface area (Å²) in [5.74, 6) is 0.175. The number of carbonyl (C=O) groups is 3. The van der Waals surface area contributed by atoms with Crippen molar-refractivity contribution in [1.82, 2.24) is 25.0 Å². The van der Waals surface area contributed by atoms with E-state index in [4.69, 9.17) is 4.74 Å². The highest BCUT2D eigenvalue weighted by Crippen LogP contribution is 2.30. The zero-order valence-electron chi connectivity index (χ0n) is 34.3. The number of carbonyl (C=O) groups excluding carboxylic acids is 2. The van der Waals surface area contributed by atoms with E-state index < -0.39 is 35.7 Å². The Morgan fingerprint density at radius 1 is 0.780 bits per heavy atom. The van der Waals surface area contributed by atoms with Crippen LogP contribution in [0.4, 0.5) is 9.59 Å². The van der Waals surface area contributed by atoms with Gasteiger partial charge in [0.05, 0.1) is 24.9 Å². The van der Waals surface area contributed by atoms with Crippen LogP contribution in [0.15, 0.2) is 133 Å². The molecule has 0 radical (unpaired) electrons. The number of hydrogen-bond donors (Lipinski definition) is 3. The van der Waals surface area contributed by atoms with Crippen molar-refractivity contribution in [3.8, 4) is 17.1 Å². The normalized spacial score (nSPS) is 15.0. The number of urea groups is 1. The zero-order chi connectivity index (χ0) is 41.9. The molecule has 1 aromatic heterocycles. The highest BCUT2D eigenvalue weighted by atomic mass is 16.5. The molecule has 1 aliphatic rings. The molecular formula is C48H55N5O6. The number of benzene rings is 4. The predicted molar refractivity (Wildman–Crippen MR) is 229 cm³/mol. The summed E-state index contributed by atoms with van der Waals surface area (Å²) in [4.78, 5) is 50.8. The Morgan fingerprint density at radius 2 is 1.37 bits per heavy atom. The van der Waals surface area contributed by atoms with Gasteiger partial charge in [0.2, 0.25) is 11.8 Å². The minimum absolute atomic E-state index is 0.0562. The summed E-state index contributed by atoms with van der Waals surface area (Å²) in [5, 5.41) is 26.2. The fraction of sp³-hybridized carbons (Fsp3) is 0.333. The van der Waals surface area contributed by atoms with Gasteiger partial charge in [-0.05, 0) is 53.0 Å². The fourth-order valence-electron chi connectivity index (χ4n) is 7.92. The van der Waals surface area contributed by atoms with Gasteiger partial charge in [-0.3, -0.25) is 9.69 Å². The number of pyridine rings is 1. The average Bonchev–Trinajstić information content (AvgIpc) is 3.57. The molecule has 0 spiro atoms. The Hall–Kier alpha value is -6.20. The second kappa shape index (κ2) is 19.5. The second-order valence-corrected chi connectivity index (χ2v) is 16.3. The third-order valence-electron chi connectivity index (χ3n) is 10.8. The van der Waals surface area contributed by atoms with Gasteiger partial charge in [0.1, 0.15) is 6.04 Å². The Morgan fingerprint density at radius 3 is 1.97 bits per heavy atom. The van der Waals surface area contributed by atoms with E-state index in [0.29, 0.717) is 31.9 Å². The van der Waals surface area contributed by atoms with Gasteiger partial charge in [-0.2, -0.15) is 0 Å². The van der Waals surface area contributed by atoms with E-state index in [9.17, 15) is 24.6 Å². The number of methoxy groups -OCH3 is 1. The Bertz CT molecular complexity index is 2130. The SMILES string of the molecule is COc1cccc(-c2ccc(C[C@@H]([C@@H](O)C[C@H](Cc3ccccc3)NC(=O)[C@@H](N3CCN(Cc4ccccc4)C3=O)C(C)(C)C)N(Cc3ccccc3)C(=O)O)cc2)n1. The van der Waals surface area contributed by atoms with Crippen LogP contribution in [0.3, 0.4) is 0 Å². The van der Waals surface area contributed by atoms with E-state index in [1.807, 2.05) is 148 Å². The van der Waals surface area contributed by atoms with Crippen molar-refractivity contribution in [2.45, 2.75) is 77.4 Å². The van der Waals surface area contributed by atoms with E-state index >= 15 is 0 Å². The molecule has 11 heteroatoms. The van der Waals surface area contributed by atoms with Crippen LogP contribution in [-0.4, -0.2) is 92.4 Å². The molecule has 6 rings (SSSR count). The number of aliphatic hydroxyl groups excluding tert-OH is 1. The molecule has 1 fully saturated rings. The number of carboxylic acid groups (broad SMARTS) is 1. The van der Waals surface area contributed by atoms with Crippen LogP contribution in [-0.2, 0) is 30.7 Å². The average molecular weight is 798 g/mol. The molecule has 0 aliphatic carbocycles. The lowest BCUT2D eigenvalue weighted by molar-refractivity contribution is -0.129. The van der Waals surface area contributed by atoms with Crippen molar-refractivity contribution in [3.63, 3.8) is 0 Å². The van der Waals surface area contributed by atoms with E-state index in [-0.39, 0.29) is 31.3 Å².